The fourth-order valence-electron chi connectivity index (χ4n) is 0.742. The molecule has 3 atom stereocenters. The van der Waals surface area contributed by atoms with Crippen LogP contribution in [0.5, 0.6) is 0 Å². The normalized spacial score (nSPS) is 16.7. The lowest BCUT2D eigenvalue weighted by atomic mass is 10.1. The van der Waals surface area contributed by atoms with Crippen LogP contribution in [0.25, 0.3) is 0 Å². The van der Waals surface area contributed by atoms with Gasteiger partial charge >= 0.3 is 13.8 Å². The molecule has 0 spiro atoms. The SMILES string of the molecule is CC(C=O)C(O)COC(=O)C(O)COP(=O)(O)O. The Bertz CT molecular complexity index is 325. The van der Waals surface area contributed by atoms with E-state index in [-0.39, 0.29) is 0 Å². The molecule has 0 heterocycles. The van der Waals surface area contributed by atoms with Crippen LogP contribution >= 0.6 is 7.82 Å². The number of esters is 1. The van der Waals surface area contributed by atoms with E-state index < -0.39 is 45.1 Å². The van der Waals surface area contributed by atoms with Gasteiger partial charge in [-0.05, 0) is 0 Å². The Kier molecular flexibility index (Phi) is 7.22. The third-order valence-corrected chi connectivity index (χ3v) is 2.38. The summed E-state index contributed by atoms with van der Waals surface area (Å²) in [4.78, 5) is 38.0. The van der Waals surface area contributed by atoms with Gasteiger partial charge in [0.1, 0.15) is 12.9 Å². The van der Waals surface area contributed by atoms with E-state index in [2.05, 4.69) is 9.26 Å². The van der Waals surface area contributed by atoms with Crippen LogP contribution in [0.15, 0.2) is 0 Å². The molecule has 9 nitrogen and oxygen atoms in total. The highest BCUT2D eigenvalue weighted by atomic mass is 31.2. The number of aldehydes is 1. The zero-order valence-electron chi connectivity index (χ0n) is 9.50. The zero-order valence-corrected chi connectivity index (χ0v) is 10.4. The van der Waals surface area contributed by atoms with Crippen molar-refractivity contribution in [2.24, 2.45) is 5.92 Å². The number of ether oxygens (including phenoxy) is 1. The van der Waals surface area contributed by atoms with Crippen LogP contribution in [0.4, 0.5) is 0 Å². The monoisotopic (exact) mass is 286 g/mol. The topological polar surface area (TPSA) is 151 Å². The first kappa shape index (κ1) is 17.2. The Hall–Kier alpha value is -0.830. The number of hydrogen-bond acceptors (Lipinski definition) is 7. The van der Waals surface area contributed by atoms with Gasteiger partial charge in [-0.25, -0.2) is 9.36 Å². The molecule has 0 fully saturated rings. The van der Waals surface area contributed by atoms with Gasteiger partial charge < -0.3 is 29.5 Å². The average Bonchev–Trinajstić information content (AvgIpc) is 2.30. The van der Waals surface area contributed by atoms with E-state index in [0.29, 0.717) is 6.29 Å². The maximum atomic E-state index is 11.1. The number of carbonyl (C=O) groups is 2. The maximum Gasteiger partial charge on any atom is 0.469 e. The minimum absolute atomic E-state index is 0.464. The summed E-state index contributed by atoms with van der Waals surface area (Å²) in [5, 5.41) is 18.4. The molecule has 3 unspecified atom stereocenters. The first-order valence-corrected chi connectivity index (χ1v) is 6.38. The summed E-state index contributed by atoms with van der Waals surface area (Å²) < 4.78 is 18.6. The first-order valence-electron chi connectivity index (χ1n) is 4.85. The molecule has 0 rings (SSSR count). The zero-order chi connectivity index (χ0) is 14.3. The summed E-state index contributed by atoms with van der Waals surface area (Å²) >= 11 is 0. The van der Waals surface area contributed by atoms with E-state index in [4.69, 9.17) is 14.9 Å². The third kappa shape index (κ3) is 7.49. The second kappa shape index (κ2) is 7.57. The molecule has 0 bridgehead atoms. The van der Waals surface area contributed by atoms with Gasteiger partial charge in [0.25, 0.3) is 0 Å². The molecular weight excluding hydrogens is 271 g/mol. The summed E-state index contributed by atoms with van der Waals surface area (Å²) in [6, 6.07) is 0. The van der Waals surface area contributed by atoms with E-state index in [0.717, 1.165) is 0 Å². The van der Waals surface area contributed by atoms with E-state index >= 15 is 0 Å². The Balaban J connectivity index is 4.02. The number of phosphoric acid groups is 1. The van der Waals surface area contributed by atoms with E-state index in [1.165, 1.54) is 6.92 Å². The summed E-state index contributed by atoms with van der Waals surface area (Å²) in [5.41, 5.74) is 0. The first-order chi connectivity index (χ1) is 8.17. The van der Waals surface area contributed by atoms with Crippen molar-refractivity contribution in [3.63, 3.8) is 0 Å². The molecule has 4 N–H and O–H groups in total. The molecule has 0 saturated carbocycles. The highest BCUT2D eigenvalue weighted by Gasteiger charge is 2.24. The predicted molar refractivity (Wildman–Crippen MR) is 56.2 cm³/mol. The van der Waals surface area contributed by atoms with Crippen molar-refractivity contribution < 1.29 is 43.4 Å². The Morgan fingerprint density at radius 1 is 1.33 bits per heavy atom. The van der Waals surface area contributed by atoms with Gasteiger partial charge in [0.2, 0.25) is 0 Å². The van der Waals surface area contributed by atoms with Gasteiger partial charge in [-0.2, -0.15) is 0 Å². The Morgan fingerprint density at radius 3 is 2.33 bits per heavy atom. The molecular formula is C8H15O9P. The van der Waals surface area contributed by atoms with Gasteiger partial charge in [-0.15, -0.1) is 0 Å². The van der Waals surface area contributed by atoms with Gasteiger partial charge in [0, 0.05) is 5.92 Å². The van der Waals surface area contributed by atoms with E-state index in [1.54, 1.807) is 0 Å². The molecule has 18 heavy (non-hydrogen) atoms. The predicted octanol–water partition coefficient (Wildman–Crippen LogP) is -1.80. The molecule has 0 aliphatic rings. The number of carbonyl (C=O) groups excluding carboxylic acids is 2. The van der Waals surface area contributed by atoms with Gasteiger partial charge in [-0.1, -0.05) is 6.92 Å². The third-order valence-electron chi connectivity index (χ3n) is 1.89. The van der Waals surface area contributed by atoms with E-state index in [1.807, 2.05) is 0 Å². The van der Waals surface area contributed by atoms with Crippen LogP contribution in [0, 0.1) is 5.92 Å². The summed E-state index contributed by atoms with van der Waals surface area (Å²) in [7, 11) is -4.78. The second-order valence-electron chi connectivity index (χ2n) is 3.49. The van der Waals surface area contributed by atoms with E-state index in [9.17, 15) is 19.3 Å². The smallest absolute Gasteiger partial charge is 0.461 e. The Morgan fingerprint density at radius 2 is 1.89 bits per heavy atom. The molecule has 0 amide bonds. The summed E-state index contributed by atoms with van der Waals surface area (Å²) in [6.07, 6.45) is -2.65. The molecule has 0 aliphatic heterocycles. The quantitative estimate of drug-likeness (QED) is 0.230. The number of rotatable bonds is 8. The number of phosphoric ester groups is 1. The van der Waals surface area contributed by atoms with Crippen molar-refractivity contribution in [3.05, 3.63) is 0 Å². The van der Waals surface area contributed by atoms with Crippen LogP contribution in [-0.2, 0) is 23.4 Å². The fraction of sp³-hybridized carbons (Fsp3) is 0.750. The highest BCUT2D eigenvalue weighted by molar-refractivity contribution is 7.46. The molecule has 10 heteroatoms. The van der Waals surface area contributed by atoms with Crippen LogP contribution < -0.4 is 0 Å². The fourth-order valence-corrected chi connectivity index (χ4v) is 1.08. The number of aliphatic hydroxyl groups excluding tert-OH is 2. The lowest BCUT2D eigenvalue weighted by Crippen LogP contribution is -2.32. The van der Waals surface area contributed by atoms with Crippen LogP contribution in [0.3, 0.4) is 0 Å². The van der Waals surface area contributed by atoms with Crippen LogP contribution in [-0.4, -0.2) is 57.7 Å². The van der Waals surface area contributed by atoms with Crippen molar-refractivity contribution in [2.75, 3.05) is 13.2 Å². The van der Waals surface area contributed by atoms with Crippen molar-refractivity contribution in [1.29, 1.82) is 0 Å². The van der Waals surface area contributed by atoms with Crippen molar-refractivity contribution >= 4 is 20.1 Å². The maximum absolute atomic E-state index is 11.1. The lowest BCUT2D eigenvalue weighted by Gasteiger charge is -2.15. The van der Waals surface area contributed by atoms with Crippen molar-refractivity contribution in [2.45, 2.75) is 19.1 Å². The molecule has 0 aromatic carbocycles. The minimum atomic E-state index is -4.78. The molecule has 0 saturated heterocycles. The van der Waals surface area contributed by atoms with Gasteiger partial charge in [0.15, 0.2) is 6.10 Å². The van der Waals surface area contributed by atoms with Crippen molar-refractivity contribution in [3.8, 4) is 0 Å². The second-order valence-corrected chi connectivity index (χ2v) is 4.73. The standard InChI is InChI=1S/C8H15O9P/c1-5(2-9)6(10)3-16-8(12)7(11)4-17-18(13,14)15/h2,5-7,10-11H,3-4H2,1H3,(H2,13,14,15). The highest BCUT2D eigenvalue weighted by Crippen LogP contribution is 2.35. The summed E-state index contributed by atoms with van der Waals surface area (Å²) in [5.74, 6) is -1.97. The molecule has 0 radical (unpaired) electrons. The number of aliphatic hydroxyl groups is 2. The lowest BCUT2D eigenvalue weighted by molar-refractivity contribution is -0.159. The van der Waals surface area contributed by atoms with Crippen LogP contribution in [0.2, 0.25) is 0 Å². The van der Waals surface area contributed by atoms with Gasteiger partial charge in [-0.3, -0.25) is 4.52 Å². The Labute approximate surface area is 103 Å². The molecule has 0 aliphatic carbocycles. The molecule has 106 valence electrons. The van der Waals surface area contributed by atoms with Crippen molar-refractivity contribution in [1.82, 2.24) is 0 Å². The number of hydrogen-bond donors (Lipinski definition) is 4. The molecule has 0 aromatic rings. The largest absolute Gasteiger partial charge is 0.469 e. The molecule has 0 aromatic heterocycles. The average molecular weight is 286 g/mol. The summed E-state index contributed by atoms with van der Waals surface area (Å²) in [6.45, 7) is -0.0625. The van der Waals surface area contributed by atoms with Gasteiger partial charge in [0.05, 0.1) is 12.7 Å². The van der Waals surface area contributed by atoms with Crippen LogP contribution in [0.1, 0.15) is 6.92 Å². The minimum Gasteiger partial charge on any atom is -0.461 e.